The fourth-order valence-electron chi connectivity index (χ4n) is 4.39. The average Bonchev–Trinajstić information content (AvgIpc) is 3.48. The summed E-state index contributed by atoms with van der Waals surface area (Å²) in [5.41, 5.74) is 4.21. The third-order valence-corrected chi connectivity index (χ3v) is 6.10. The van der Waals surface area contributed by atoms with Gasteiger partial charge < -0.3 is 4.74 Å². The normalized spacial score (nSPS) is 14.4. The van der Waals surface area contributed by atoms with E-state index in [-0.39, 0.29) is 11.6 Å². The van der Waals surface area contributed by atoms with Crippen molar-refractivity contribution in [3.63, 3.8) is 0 Å². The van der Waals surface area contributed by atoms with Gasteiger partial charge in [-0.25, -0.2) is 9.20 Å². The van der Waals surface area contributed by atoms with Crippen LogP contribution in [0.1, 0.15) is 32.7 Å². The summed E-state index contributed by atoms with van der Waals surface area (Å²) in [7, 11) is 0. The highest BCUT2D eigenvalue weighted by atomic mass is 16.5. The molecule has 5 rings (SSSR count). The van der Waals surface area contributed by atoms with Gasteiger partial charge in [0.05, 0.1) is 22.8 Å². The number of hydrogen-bond donors (Lipinski definition) is 0. The molecular formula is C26H29N5O2. The molecule has 0 unspecified atom stereocenters. The maximum atomic E-state index is 12.3. The molecule has 1 aliphatic rings. The maximum Gasteiger partial charge on any atom is 0.267 e. The Balaban J connectivity index is 1.58. The van der Waals surface area contributed by atoms with Crippen molar-refractivity contribution in [2.75, 3.05) is 26.2 Å². The van der Waals surface area contributed by atoms with Crippen molar-refractivity contribution in [2.45, 2.75) is 32.7 Å². The third kappa shape index (κ3) is 4.41. The first-order chi connectivity index (χ1) is 16.1. The maximum absolute atomic E-state index is 12.3. The molecule has 0 N–H and O–H groups in total. The molecule has 0 aliphatic carbocycles. The van der Waals surface area contributed by atoms with E-state index in [1.165, 1.54) is 17.5 Å². The standard InChI is InChI=1S/C26H29N5O2/c1-19(2)31-24(32)11-10-22(27-31)25-23-18-21(33-17-16-29-13-6-7-14-29)12-15-30(23)28-26(25)20-8-4-3-5-9-20/h3-5,8-12,15,18-19H,6-7,13-14,16-17H2,1-2H3. The van der Waals surface area contributed by atoms with Gasteiger partial charge in [0.15, 0.2) is 0 Å². The van der Waals surface area contributed by atoms with Crippen molar-refractivity contribution < 1.29 is 4.74 Å². The first-order valence-electron chi connectivity index (χ1n) is 11.6. The van der Waals surface area contributed by atoms with E-state index in [1.807, 2.05) is 67.0 Å². The molecule has 1 fully saturated rings. The molecule has 1 aromatic carbocycles. The Morgan fingerprint density at radius 3 is 2.55 bits per heavy atom. The van der Waals surface area contributed by atoms with Gasteiger partial charge in [-0.15, -0.1) is 0 Å². The molecule has 0 radical (unpaired) electrons. The van der Waals surface area contributed by atoms with E-state index in [1.54, 1.807) is 12.1 Å². The lowest BCUT2D eigenvalue weighted by atomic mass is 10.0. The summed E-state index contributed by atoms with van der Waals surface area (Å²) in [6, 6.07) is 17.4. The van der Waals surface area contributed by atoms with Crippen molar-refractivity contribution >= 4 is 5.52 Å². The van der Waals surface area contributed by atoms with Crippen molar-refractivity contribution in [1.82, 2.24) is 24.3 Å². The number of fused-ring (bicyclic) bond motifs is 1. The Bertz CT molecular complexity index is 1300. The molecule has 3 aromatic heterocycles. The van der Waals surface area contributed by atoms with Gasteiger partial charge in [0.2, 0.25) is 0 Å². The van der Waals surface area contributed by atoms with E-state index in [9.17, 15) is 4.79 Å². The largest absolute Gasteiger partial charge is 0.492 e. The minimum Gasteiger partial charge on any atom is -0.492 e. The van der Waals surface area contributed by atoms with Crippen LogP contribution >= 0.6 is 0 Å². The third-order valence-electron chi connectivity index (χ3n) is 6.10. The predicted molar refractivity (Wildman–Crippen MR) is 130 cm³/mol. The van der Waals surface area contributed by atoms with Crippen LogP contribution in [0.4, 0.5) is 0 Å². The molecule has 7 heteroatoms. The lowest BCUT2D eigenvalue weighted by Gasteiger charge is -2.15. The number of likely N-dealkylation sites (tertiary alicyclic amines) is 1. The number of benzene rings is 1. The quantitative estimate of drug-likeness (QED) is 0.427. The Morgan fingerprint density at radius 2 is 1.79 bits per heavy atom. The number of nitrogens with zero attached hydrogens (tertiary/aromatic N) is 5. The van der Waals surface area contributed by atoms with Crippen LogP contribution in [-0.2, 0) is 0 Å². The molecule has 4 aromatic rings. The van der Waals surface area contributed by atoms with Crippen LogP contribution in [-0.4, -0.2) is 50.5 Å². The zero-order valence-electron chi connectivity index (χ0n) is 19.1. The van der Waals surface area contributed by atoms with Gasteiger partial charge in [-0.3, -0.25) is 9.69 Å². The minimum atomic E-state index is -0.113. The van der Waals surface area contributed by atoms with E-state index < -0.39 is 0 Å². The molecule has 1 aliphatic heterocycles. The fraction of sp³-hybridized carbons (Fsp3) is 0.346. The second kappa shape index (κ2) is 9.19. The number of aromatic nitrogens is 4. The van der Waals surface area contributed by atoms with Crippen molar-refractivity contribution in [3.8, 4) is 28.3 Å². The molecule has 1 saturated heterocycles. The Labute approximate surface area is 193 Å². The highest BCUT2D eigenvalue weighted by Gasteiger charge is 2.20. The van der Waals surface area contributed by atoms with Gasteiger partial charge >= 0.3 is 0 Å². The van der Waals surface area contributed by atoms with Gasteiger partial charge in [0.25, 0.3) is 5.56 Å². The molecule has 0 spiro atoms. The van der Waals surface area contributed by atoms with Gasteiger partial charge in [-0.2, -0.15) is 10.2 Å². The Kier molecular flexibility index (Phi) is 5.96. The number of rotatable bonds is 7. The lowest BCUT2D eigenvalue weighted by molar-refractivity contribution is 0.238. The zero-order valence-corrected chi connectivity index (χ0v) is 19.1. The summed E-state index contributed by atoms with van der Waals surface area (Å²) >= 11 is 0. The van der Waals surface area contributed by atoms with E-state index in [2.05, 4.69) is 4.90 Å². The molecule has 0 atom stereocenters. The molecule has 33 heavy (non-hydrogen) atoms. The van der Waals surface area contributed by atoms with E-state index in [0.29, 0.717) is 12.3 Å². The van der Waals surface area contributed by atoms with Crippen LogP contribution < -0.4 is 10.3 Å². The SMILES string of the molecule is CC(C)n1nc(-c2c(-c3ccccc3)nn3ccc(OCCN4CCCC4)cc23)ccc1=O. The summed E-state index contributed by atoms with van der Waals surface area (Å²) in [5.74, 6) is 0.805. The van der Waals surface area contributed by atoms with Crippen LogP contribution in [0.3, 0.4) is 0 Å². The molecule has 0 amide bonds. The highest BCUT2D eigenvalue weighted by molar-refractivity contribution is 5.91. The van der Waals surface area contributed by atoms with Crippen molar-refractivity contribution in [1.29, 1.82) is 0 Å². The minimum absolute atomic E-state index is 0.0380. The summed E-state index contributed by atoms with van der Waals surface area (Å²) in [6.07, 6.45) is 4.48. The first kappa shape index (κ1) is 21.4. The van der Waals surface area contributed by atoms with Crippen molar-refractivity contribution in [2.24, 2.45) is 0 Å². The second-order valence-electron chi connectivity index (χ2n) is 8.77. The van der Waals surface area contributed by atoms with E-state index >= 15 is 0 Å². The average molecular weight is 444 g/mol. The molecule has 0 saturated carbocycles. The lowest BCUT2D eigenvalue weighted by Crippen LogP contribution is -2.25. The molecule has 170 valence electrons. The van der Waals surface area contributed by atoms with Gasteiger partial charge in [0, 0.05) is 30.4 Å². The Morgan fingerprint density at radius 1 is 1.00 bits per heavy atom. The predicted octanol–water partition coefficient (Wildman–Crippen LogP) is 4.28. The van der Waals surface area contributed by atoms with Gasteiger partial charge in [-0.1, -0.05) is 30.3 Å². The second-order valence-corrected chi connectivity index (χ2v) is 8.77. The number of ether oxygens (including phenoxy) is 1. The Hall–Kier alpha value is -3.45. The topological polar surface area (TPSA) is 64.7 Å². The van der Waals surface area contributed by atoms with Gasteiger partial charge in [-0.05, 0) is 51.9 Å². The number of pyridine rings is 1. The molecule has 4 heterocycles. The monoisotopic (exact) mass is 443 g/mol. The highest BCUT2D eigenvalue weighted by Crippen LogP contribution is 2.35. The fourth-order valence-corrected chi connectivity index (χ4v) is 4.39. The molecule has 0 bridgehead atoms. The summed E-state index contributed by atoms with van der Waals surface area (Å²) in [5, 5.41) is 9.56. The van der Waals surface area contributed by atoms with E-state index in [0.717, 1.165) is 47.7 Å². The summed E-state index contributed by atoms with van der Waals surface area (Å²) < 4.78 is 9.48. The van der Waals surface area contributed by atoms with Crippen LogP contribution in [0.2, 0.25) is 0 Å². The molecular weight excluding hydrogens is 414 g/mol. The first-order valence-corrected chi connectivity index (χ1v) is 11.6. The zero-order chi connectivity index (χ0) is 22.8. The van der Waals surface area contributed by atoms with Gasteiger partial charge in [0.1, 0.15) is 18.1 Å². The summed E-state index contributed by atoms with van der Waals surface area (Å²) in [6.45, 7) is 7.83. The smallest absolute Gasteiger partial charge is 0.267 e. The van der Waals surface area contributed by atoms with Crippen LogP contribution in [0.25, 0.3) is 28.0 Å². The van der Waals surface area contributed by atoms with E-state index in [4.69, 9.17) is 14.9 Å². The van der Waals surface area contributed by atoms with Crippen molar-refractivity contribution in [3.05, 3.63) is 71.1 Å². The van der Waals surface area contributed by atoms with Crippen LogP contribution in [0.15, 0.2) is 65.6 Å². The summed E-state index contributed by atoms with van der Waals surface area (Å²) in [4.78, 5) is 14.8. The van der Waals surface area contributed by atoms with Crippen LogP contribution in [0, 0.1) is 0 Å². The van der Waals surface area contributed by atoms with Crippen LogP contribution in [0.5, 0.6) is 5.75 Å². The molecule has 7 nitrogen and oxygen atoms in total. The number of hydrogen-bond acceptors (Lipinski definition) is 5.